The van der Waals surface area contributed by atoms with Crippen LogP contribution in [0.5, 0.6) is 0 Å². The molecule has 0 saturated carbocycles. The largest absolute Gasteiger partial charge is 0.451 e. The number of ether oxygens (including phenoxy) is 1. The van der Waals surface area contributed by atoms with Gasteiger partial charge in [-0.15, -0.1) is 0 Å². The highest BCUT2D eigenvalue weighted by molar-refractivity contribution is 6.30. The molecule has 1 N–H and O–H groups in total. The molecule has 0 radical (unpaired) electrons. The highest BCUT2D eigenvalue weighted by Crippen LogP contribution is 2.20. The van der Waals surface area contributed by atoms with Crippen LogP contribution in [0.3, 0.4) is 0 Å². The van der Waals surface area contributed by atoms with Crippen LogP contribution in [0.2, 0.25) is 5.02 Å². The number of carbonyl (C=O) groups is 1. The van der Waals surface area contributed by atoms with Crippen LogP contribution in [0.25, 0.3) is 22.2 Å². The topological polar surface area (TPSA) is 98.1 Å². The van der Waals surface area contributed by atoms with Crippen molar-refractivity contribution in [2.75, 3.05) is 0 Å². The van der Waals surface area contributed by atoms with Crippen LogP contribution in [0.4, 0.5) is 0 Å². The number of esters is 1. The van der Waals surface area contributed by atoms with Gasteiger partial charge in [-0.2, -0.15) is 4.98 Å². The number of rotatable bonds is 4. The van der Waals surface area contributed by atoms with E-state index in [4.69, 9.17) is 20.9 Å². The molecular weight excluding hydrogens is 370 g/mol. The second kappa shape index (κ2) is 7.05. The van der Waals surface area contributed by atoms with E-state index in [9.17, 15) is 9.59 Å². The van der Waals surface area contributed by atoms with Crippen LogP contribution in [-0.4, -0.2) is 21.1 Å². The summed E-state index contributed by atoms with van der Waals surface area (Å²) in [5, 5.41) is 5.53. The average molecular weight is 382 g/mol. The van der Waals surface area contributed by atoms with Gasteiger partial charge in [-0.05, 0) is 29.7 Å². The van der Waals surface area contributed by atoms with E-state index in [-0.39, 0.29) is 23.8 Å². The van der Waals surface area contributed by atoms with E-state index in [0.29, 0.717) is 27.2 Å². The molecule has 0 spiro atoms. The lowest BCUT2D eigenvalue weighted by Crippen LogP contribution is -2.15. The van der Waals surface area contributed by atoms with Gasteiger partial charge < -0.3 is 14.2 Å². The molecule has 7 nitrogen and oxygen atoms in total. The van der Waals surface area contributed by atoms with Crippen LogP contribution in [0.15, 0.2) is 63.9 Å². The first-order chi connectivity index (χ1) is 13.1. The smallest absolute Gasteiger partial charge is 0.355 e. The van der Waals surface area contributed by atoms with Gasteiger partial charge in [0.15, 0.2) is 6.61 Å². The zero-order valence-corrected chi connectivity index (χ0v) is 14.6. The molecule has 4 rings (SSSR count). The molecule has 0 fully saturated rings. The summed E-state index contributed by atoms with van der Waals surface area (Å²) < 4.78 is 10.2. The number of aromatic amines is 1. The van der Waals surface area contributed by atoms with Crippen molar-refractivity contribution in [1.29, 1.82) is 0 Å². The molecule has 134 valence electrons. The third-order valence-electron chi connectivity index (χ3n) is 3.85. The Balaban J connectivity index is 1.49. The summed E-state index contributed by atoms with van der Waals surface area (Å²) in [6, 6.07) is 15.5. The first kappa shape index (κ1) is 17.0. The van der Waals surface area contributed by atoms with Crippen molar-refractivity contribution in [3.63, 3.8) is 0 Å². The molecule has 2 aromatic carbocycles. The zero-order valence-electron chi connectivity index (χ0n) is 13.8. The molecule has 2 aromatic heterocycles. The fourth-order valence-electron chi connectivity index (χ4n) is 2.58. The third-order valence-corrected chi connectivity index (χ3v) is 4.09. The van der Waals surface area contributed by atoms with Gasteiger partial charge >= 0.3 is 5.97 Å². The number of hydrogen-bond acceptors (Lipinski definition) is 6. The first-order valence-corrected chi connectivity index (χ1v) is 8.36. The van der Waals surface area contributed by atoms with E-state index in [0.717, 1.165) is 0 Å². The van der Waals surface area contributed by atoms with E-state index in [1.807, 2.05) is 0 Å². The lowest BCUT2D eigenvalue weighted by Gasteiger charge is -2.03. The van der Waals surface area contributed by atoms with Crippen molar-refractivity contribution < 1.29 is 14.1 Å². The molecule has 0 amide bonds. The van der Waals surface area contributed by atoms with Gasteiger partial charge in [-0.25, -0.2) is 4.79 Å². The van der Waals surface area contributed by atoms with E-state index < -0.39 is 5.97 Å². The van der Waals surface area contributed by atoms with Crippen LogP contribution in [0, 0.1) is 0 Å². The van der Waals surface area contributed by atoms with Crippen molar-refractivity contribution in [2.45, 2.75) is 6.61 Å². The van der Waals surface area contributed by atoms with Crippen LogP contribution >= 0.6 is 11.6 Å². The summed E-state index contributed by atoms with van der Waals surface area (Å²) >= 11 is 5.94. The molecule has 8 heteroatoms. The molecule has 0 bridgehead atoms. The van der Waals surface area contributed by atoms with Crippen LogP contribution in [-0.2, 0) is 11.3 Å². The summed E-state index contributed by atoms with van der Waals surface area (Å²) in [5.74, 6) is -0.232. The van der Waals surface area contributed by atoms with E-state index >= 15 is 0 Å². The summed E-state index contributed by atoms with van der Waals surface area (Å²) in [7, 11) is 0. The van der Waals surface area contributed by atoms with Crippen molar-refractivity contribution in [3.8, 4) is 11.4 Å². The molecule has 2 heterocycles. The number of carbonyl (C=O) groups excluding carboxylic acids is 1. The number of H-pyrrole nitrogens is 1. The Morgan fingerprint density at radius 3 is 2.85 bits per heavy atom. The molecule has 0 atom stereocenters. The molecule has 4 aromatic rings. The Bertz CT molecular complexity index is 1200. The molecule has 0 aliphatic heterocycles. The molecule has 0 aliphatic carbocycles. The quantitative estimate of drug-likeness (QED) is 0.542. The minimum Gasteiger partial charge on any atom is -0.451 e. The van der Waals surface area contributed by atoms with E-state index in [1.165, 1.54) is 0 Å². The van der Waals surface area contributed by atoms with Gasteiger partial charge in [-0.3, -0.25) is 4.79 Å². The molecular formula is C19H12ClN3O4. The van der Waals surface area contributed by atoms with Gasteiger partial charge in [0, 0.05) is 16.0 Å². The van der Waals surface area contributed by atoms with Gasteiger partial charge in [0.05, 0.1) is 0 Å². The van der Waals surface area contributed by atoms with Gasteiger partial charge in [0.25, 0.3) is 11.4 Å². The minimum atomic E-state index is -0.694. The maximum absolute atomic E-state index is 12.2. The average Bonchev–Trinajstić information content (AvgIpc) is 3.15. The lowest BCUT2D eigenvalue weighted by molar-refractivity contribution is 0.0423. The Morgan fingerprint density at radius 1 is 1.15 bits per heavy atom. The molecule has 0 saturated heterocycles. The monoisotopic (exact) mass is 381 g/mol. The lowest BCUT2D eigenvalue weighted by atomic mass is 10.1. The number of aromatic nitrogens is 3. The number of nitrogens with one attached hydrogen (secondary N) is 1. The minimum absolute atomic E-state index is 0.0493. The van der Waals surface area contributed by atoms with Crippen molar-refractivity contribution in [3.05, 3.63) is 81.6 Å². The van der Waals surface area contributed by atoms with Crippen molar-refractivity contribution in [1.82, 2.24) is 15.1 Å². The number of fused-ring (bicyclic) bond motifs is 1. The predicted molar refractivity (Wildman–Crippen MR) is 98.4 cm³/mol. The standard InChI is InChI=1S/C19H12ClN3O4/c20-13-6-3-5-12(8-13)17-22-16(27-23-17)10-26-19(25)15-9-11-4-1-2-7-14(11)18(24)21-15/h1-9H,10H2,(H,21,24). The Hall–Kier alpha value is -3.45. The Morgan fingerprint density at radius 2 is 2.00 bits per heavy atom. The number of hydrogen-bond donors (Lipinski definition) is 1. The predicted octanol–water partition coefficient (Wildman–Crippen LogP) is 3.59. The molecule has 0 unspecified atom stereocenters. The number of pyridine rings is 1. The number of nitrogens with zero attached hydrogens (tertiary/aromatic N) is 2. The van der Waals surface area contributed by atoms with Crippen LogP contribution in [0.1, 0.15) is 16.4 Å². The second-order valence-corrected chi connectivity index (χ2v) is 6.13. The highest BCUT2D eigenvalue weighted by atomic mass is 35.5. The van der Waals surface area contributed by atoms with E-state index in [2.05, 4.69) is 15.1 Å². The fourth-order valence-corrected chi connectivity index (χ4v) is 2.77. The van der Waals surface area contributed by atoms with Crippen molar-refractivity contribution >= 4 is 28.3 Å². The number of halogens is 1. The maximum Gasteiger partial charge on any atom is 0.355 e. The van der Waals surface area contributed by atoms with Crippen molar-refractivity contribution in [2.24, 2.45) is 0 Å². The summed E-state index contributed by atoms with van der Waals surface area (Å²) in [6.45, 7) is -0.221. The molecule has 27 heavy (non-hydrogen) atoms. The fraction of sp³-hybridized carbons (Fsp3) is 0.0526. The SMILES string of the molecule is O=C(OCc1nc(-c2cccc(Cl)c2)no1)c1cc2ccccc2c(=O)[nH]1. The zero-order chi connectivity index (χ0) is 18.8. The summed E-state index contributed by atoms with van der Waals surface area (Å²) in [5.41, 5.74) is 0.372. The van der Waals surface area contributed by atoms with Crippen LogP contribution < -0.4 is 5.56 Å². The second-order valence-electron chi connectivity index (χ2n) is 5.70. The highest BCUT2D eigenvalue weighted by Gasteiger charge is 2.14. The third kappa shape index (κ3) is 3.58. The maximum atomic E-state index is 12.2. The first-order valence-electron chi connectivity index (χ1n) is 7.98. The van der Waals surface area contributed by atoms with E-state index in [1.54, 1.807) is 54.6 Å². The Kier molecular flexibility index (Phi) is 4.43. The normalized spacial score (nSPS) is 10.9. The molecule has 0 aliphatic rings. The van der Waals surface area contributed by atoms with Gasteiger partial charge in [0.1, 0.15) is 5.69 Å². The summed E-state index contributed by atoms with van der Waals surface area (Å²) in [6.07, 6.45) is 0. The van der Waals surface area contributed by atoms with Gasteiger partial charge in [0.2, 0.25) is 5.82 Å². The van der Waals surface area contributed by atoms with Gasteiger partial charge in [-0.1, -0.05) is 47.1 Å². The Labute approximate surface area is 157 Å². The number of benzene rings is 2. The summed E-state index contributed by atoms with van der Waals surface area (Å²) in [4.78, 5) is 31.0.